The quantitative estimate of drug-likeness (QED) is 0.858. The van der Waals surface area contributed by atoms with E-state index in [1.54, 1.807) is 34.9 Å². The molecule has 7 heteroatoms. The topological polar surface area (TPSA) is 62.3 Å². The second-order valence-corrected chi connectivity index (χ2v) is 8.12. The van der Waals surface area contributed by atoms with Gasteiger partial charge in [-0.2, -0.15) is 4.31 Å². The van der Waals surface area contributed by atoms with Crippen LogP contribution in [0.5, 0.6) is 0 Å². The summed E-state index contributed by atoms with van der Waals surface area (Å²) in [6.45, 7) is 3.08. The summed E-state index contributed by atoms with van der Waals surface area (Å²) in [5.41, 5.74) is 0. The third-order valence-corrected chi connectivity index (χ3v) is 6.94. The summed E-state index contributed by atoms with van der Waals surface area (Å²) < 4.78 is 27.6. The highest BCUT2D eigenvalue weighted by molar-refractivity contribution is 7.89. The fourth-order valence-electron chi connectivity index (χ4n) is 3.16. The van der Waals surface area contributed by atoms with Crippen molar-refractivity contribution in [2.45, 2.75) is 30.7 Å². The van der Waals surface area contributed by atoms with Gasteiger partial charge in [0, 0.05) is 42.3 Å². The van der Waals surface area contributed by atoms with E-state index in [1.165, 1.54) is 0 Å². The third-order valence-electron chi connectivity index (χ3n) is 4.64. The first-order valence-corrected chi connectivity index (χ1v) is 9.55. The standard InChI is InChI=1S/C16H20ClN3O2S/c1-12(19-17)13-6-9-20(10-7-13)23(21,22)16-4-2-3-14-11-18-8-5-15(14)16/h2-5,8,11-13,19H,6-7,9-10H2,1H3. The van der Waals surface area contributed by atoms with Crippen LogP contribution in [0.4, 0.5) is 0 Å². The van der Waals surface area contributed by atoms with Gasteiger partial charge in [-0.3, -0.25) is 4.98 Å². The zero-order valence-electron chi connectivity index (χ0n) is 12.9. The summed E-state index contributed by atoms with van der Waals surface area (Å²) >= 11 is 5.69. The van der Waals surface area contributed by atoms with Gasteiger partial charge in [-0.25, -0.2) is 13.3 Å². The molecule has 1 atom stereocenters. The van der Waals surface area contributed by atoms with Crippen molar-refractivity contribution in [3.05, 3.63) is 36.7 Å². The van der Waals surface area contributed by atoms with Crippen molar-refractivity contribution in [1.29, 1.82) is 0 Å². The molecule has 1 aliphatic rings. The number of pyridine rings is 1. The van der Waals surface area contributed by atoms with E-state index in [1.807, 2.05) is 13.0 Å². The van der Waals surface area contributed by atoms with Crippen LogP contribution in [0.25, 0.3) is 10.8 Å². The second kappa shape index (κ2) is 6.73. The van der Waals surface area contributed by atoms with Crippen LogP contribution < -0.4 is 4.84 Å². The van der Waals surface area contributed by atoms with Crippen LogP contribution in [0.3, 0.4) is 0 Å². The maximum absolute atomic E-state index is 13.0. The Morgan fingerprint density at radius 1 is 1.30 bits per heavy atom. The minimum atomic E-state index is -3.49. The van der Waals surface area contributed by atoms with Gasteiger partial charge < -0.3 is 0 Å². The number of sulfonamides is 1. The van der Waals surface area contributed by atoms with Gasteiger partial charge in [-0.15, -0.1) is 0 Å². The third kappa shape index (κ3) is 3.21. The van der Waals surface area contributed by atoms with Crippen molar-refractivity contribution in [3.63, 3.8) is 0 Å². The molecule has 1 saturated heterocycles. The van der Waals surface area contributed by atoms with Gasteiger partial charge >= 0.3 is 0 Å². The van der Waals surface area contributed by atoms with E-state index in [9.17, 15) is 8.42 Å². The highest BCUT2D eigenvalue weighted by Crippen LogP contribution is 2.29. The summed E-state index contributed by atoms with van der Waals surface area (Å²) in [6, 6.07) is 7.26. The molecule has 1 fully saturated rings. The molecule has 124 valence electrons. The lowest BCUT2D eigenvalue weighted by Gasteiger charge is -2.33. The maximum Gasteiger partial charge on any atom is 0.243 e. The second-order valence-electron chi connectivity index (χ2n) is 5.99. The number of benzene rings is 1. The molecule has 5 nitrogen and oxygen atoms in total. The minimum Gasteiger partial charge on any atom is -0.264 e. The molecule has 3 rings (SSSR count). The average molecular weight is 354 g/mol. The van der Waals surface area contributed by atoms with Gasteiger partial charge in [0.15, 0.2) is 0 Å². The van der Waals surface area contributed by atoms with E-state index >= 15 is 0 Å². The van der Waals surface area contributed by atoms with E-state index < -0.39 is 10.0 Å². The van der Waals surface area contributed by atoms with Crippen LogP contribution in [0, 0.1) is 5.92 Å². The molecule has 0 aliphatic carbocycles. The van der Waals surface area contributed by atoms with E-state index in [2.05, 4.69) is 9.82 Å². The molecular formula is C16H20ClN3O2S. The van der Waals surface area contributed by atoms with Crippen molar-refractivity contribution in [2.75, 3.05) is 13.1 Å². The van der Waals surface area contributed by atoms with E-state index in [0.717, 1.165) is 23.6 Å². The Balaban J connectivity index is 1.88. The van der Waals surface area contributed by atoms with Gasteiger partial charge in [0.05, 0.1) is 4.90 Å². The molecule has 1 unspecified atom stereocenters. The summed E-state index contributed by atoms with van der Waals surface area (Å²) in [5.74, 6) is 0.399. The first kappa shape index (κ1) is 16.6. The summed E-state index contributed by atoms with van der Waals surface area (Å²) in [4.78, 5) is 7.16. The van der Waals surface area contributed by atoms with Crippen molar-refractivity contribution in [1.82, 2.24) is 14.1 Å². The van der Waals surface area contributed by atoms with Gasteiger partial charge in [0.1, 0.15) is 0 Å². The zero-order chi connectivity index (χ0) is 16.4. The van der Waals surface area contributed by atoms with E-state index in [-0.39, 0.29) is 6.04 Å². The first-order valence-electron chi connectivity index (χ1n) is 7.73. The number of piperidine rings is 1. The first-order chi connectivity index (χ1) is 11.0. The Labute approximate surface area is 141 Å². The minimum absolute atomic E-state index is 0.185. The maximum atomic E-state index is 13.0. The monoisotopic (exact) mass is 353 g/mol. The van der Waals surface area contributed by atoms with Crippen molar-refractivity contribution >= 4 is 32.6 Å². The smallest absolute Gasteiger partial charge is 0.243 e. The summed E-state index contributed by atoms with van der Waals surface area (Å²) in [6.07, 6.45) is 4.94. The molecular weight excluding hydrogens is 334 g/mol. The number of hydrogen-bond donors (Lipinski definition) is 1. The average Bonchev–Trinajstić information content (AvgIpc) is 2.60. The number of nitrogens with zero attached hydrogens (tertiary/aromatic N) is 2. The molecule has 1 aromatic heterocycles. The Hall–Kier alpha value is -1.21. The molecule has 0 bridgehead atoms. The number of halogens is 1. The van der Waals surface area contributed by atoms with Gasteiger partial charge in [-0.05, 0) is 49.6 Å². The lowest BCUT2D eigenvalue weighted by atomic mass is 9.92. The zero-order valence-corrected chi connectivity index (χ0v) is 14.5. The lowest BCUT2D eigenvalue weighted by molar-refractivity contribution is 0.244. The summed E-state index contributed by atoms with van der Waals surface area (Å²) in [7, 11) is -3.49. The van der Waals surface area contributed by atoms with Gasteiger partial charge in [0.2, 0.25) is 10.0 Å². The van der Waals surface area contributed by atoms with Gasteiger partial charge in [-0.1, -0.05) is 12.1 Å². The van der Waals surface area contributed by atoms with Crippen LogP contribution in [-0.2, 0) is 10.0 Å². The molecule has 0 saturated carbocycles. The van der Waals surface area contributed by atoms with Crippen LogP contribution in [0.2, 0.25) is 0 Å². The number of rotatable bonds is 4. The SMILES string of the molecule is CC(NCl)C1CCN(S(=O)(=O)c2cccc3cnccc23)CC1. The highest BCUT2D eigenvalue weighted by atomic mass is 35.5. The number of hydrogen-bond acceptors (Lipinski definition) is 4. The lowest BCUT2D eigenvalue weighted by Crippen LogP contribution is -2.42. The molecule has 0 spiro atoms. The molecule has 2 heterocycles. The predicted octanol–water partition coefficient (Wildman–Crippen LogP) is 2.77. The van der Waals surface area contributed by atoms with Crippen LogP contribution >= 0.6 is 11.8 Å². The number of fused-ring (bicyclic) bond motifs is 1. The van der Waals surface area contributed by atoms with Crippen molar-refractivity contribution in [3.8, 4) is 0 Å². The predicted molar refractivity (Wildman–Crippen MR) is 91.7 cm³/mol. The number of nitrogens with one attached hydrogen (secondary N) is 1. The van der Waals surface area contributed by atoms with E-state index in [4.69, 9.17) is 11.8 Å². The molecule has 1 aliphatic heterocycles. The fraction of sp³-hybridized carbons (Fsp3) is 0.438. The molecule has 1 aromatic carbocycles. The number of aromatic nitrogens is 1. The van der Waals surface area contributed by atoms with Crippen LogP contribution in [0.15, 0.2) is 41.6 Å². The fourth-order valence-corrected chi connectivity index (χ4v) is 5.02. The van der Waals surface area contributed by atoms with Crippen LogP contribution in [-0.4, -0.2) is 36.8 Å². The van der Waals surface area contributed by atoms with Crippen molar-refractivity contribution < 1.29 is 8.42 Å². The molecule has 2 aromatic rings. The summed E-state index contributed by atoms with van der Waals surface area (Å²) in [5, 5.41) is 1.56. The Bertz CT molecular complexity index is 784. The molecule has 23 heavy (non-hydrogen) atoms. The Kier molecular flexibility index (Phi) is 4.87. The van der Waals surface area contributed by atoms with Crippen LogP contribution in [0.1, 0.15) is 19.8 Å². The molecule has 1 N–H and O–H groups in total. The Morgan fingerprint density at radius 3 is 2.74 bits per heavy atom. The Morgan fingerprint density at radius 2 is 2.04 bits per heavy atom. The normalized spacial score (nSPS) is 19.0. The molecule has 0 radical (unpaired) electrons. The van der Waals surface area contributed by atoms with E-state index in [0.29, 0.717) is 23.9 Å². The van der Waals surface area contributed by atoms with Gasteiger partial charge in [0.25, 0.3) is 0 Å². The highest BCUT2D eigenvalue weighted by Gasteiger charge is 2.32. The largest absolute Gasteiger partial charge is 0.264 e. The molecule has 0 amide bonds. The van der Waals surface area contributed by atoms with Crippen molar-refractivity contribution in [2.24, 2.45) is 5.92 Å².